The van der Waals surface area contributed by atoms with Crippen LogP contribution in [-0.4, -0.2) is 11.5 Å². The highest BCUT2D eigenvalue weighted by atomic mass is 32.3. The highest BCUT2D eigenvalue weighted by molar-refractivity contribution is 8.42. The molecule has 0 N–H and O–H groups in total. The van der Waals surface area contributed by atoms with Crippen LogP contribution in [0.3, 0.4) is 0 Å². The third kappa shape index (κ3) is 7.18. The highest BCUT2D eigenvalue weighted by Crippen LogP contribution is 2.64. The van der Waals surface area contributed by atoms with E-state index in [-0.39, 0.29) is 0 Å². The fourth-order valence-corrected chi connectivity index (χ4v) is 12.6. The van der Waals surface area contributed by atoms with Crippen molar-refractivity contribution in [3.05, 3.63) is 27.7 Å². The predicted molar refractivity (Wildman–Crippen MR) is 138 cm³/mol. The molecule has 0 aromatic carbocycles. The Morgan fingerprint density at radius 1 is 0.630 bits per heavy atom. The second kappa shape index (κ2) is 12.9. The van der Waals surface area contributed by atoms with Crippen molar-refractivity contribution in [2.45, 2.75) is 75.0 Å². The van der Waals surface area contributed by atoms with Crippen molar-refractivity contribution < 1.29 is 0 Å². The number of hydrogen-bond donors (Lipinski definition) is 0. The molecule has 0 unspecified atom stereocenters. The maximum absolute atomic E-state index is 2.30. The minimum Gasteiger partial charge on any atom is -0.150 e. The van der Waals surface area contributed by atoms with Gasteiger partial charge in [-0.2, -0.15) is 11.3 Å². The molecule has 0 nitrogen and oxygen atoms in total. The Bertz CT molecular complexity index is 609. The maximum atomic E-state index is 2.30. The van der Waals surface area contributed by atoms with Crippen LogP contribution in [0.2, 0.25) is 0 Å². The van der Waals surface area contributed by atoms with Gasteiger partial charge in [-0.15, -0.1) is 23.5 Å². The number of thioether (sulfide) groups is 6. The largest absolute Gasteiger partial charge is 0.150 e. The monoisotopic (exact) mass is 492 g/mol. The molecule has 0 amide bonds. The van der Waals surface area contributed by atoms with Gasteiger partial charge in [-0.25, -0.2) is 0 Å². The van der Waals surface area contributed by atoms with E-state index < -0.39 is 0 Å². The lowest BCUT2D eigenvalue weighted by molar-refractivity contribution is 0.707. The Labute approximate surface area is 194 Å². The molecule has 0 saturated heterocycles. The summed E-state index contributed by atoms with van der Waals surface area (Å²) in [5.41, 5.74) is 0. The van der Waals surface area contributed by atoms with E-state index in [9.17, 15) is 0 Å². The summed E-state index contributed by atoms with van der Waals surface area (Å²) in [5, 5.41) is 4.59. The average Bonchev–Trinajstić information content (AvgIpc) is 3.36. The van der Waals surface area contributed by atoms with E-state index in [1.54, 1.807) is 8.47 Å². The van der Waals surface area contributed by atoms with Crippen LogP contribution in [0.4, 0.5) is 0 Å². The van der Waals surface area contributed by atoms with Crippen molar-refractivity contribution in [1.29, 1.82) is 0 Å². The lowest BCUT2D eigenvalue weighted by Crippen LogP contribution is -1.83. The average molecular weight is 493 g/mol. The van der Waals surface area contributed by atoms with Crippen LogP contribution in [-0.2, 0) is 0 Å². The Hall–Kier alpha value is 1.28. The normalized spacial score (nSPS) is 16.7. The summed E-state index contributed by atoms with van der Waals surface area (Å²) in [7, 11) is 0. The number of unbranched alkanes of at least 4 members (excludes halogenated alkanes) is 6. The summed E-state index contributed by atoms with van der Waals surface area (Å²) in [6.07, 6.45) is 10.9. The molecule has 0 aliphatic carbocycles. The Kier molecular flexibility index (Phi) is 10.9. The topological polar surface area (TPSA) is 0 Å². The van der Waals surface area contributed by atoms with Crippen LogP contribution < -0.4 is 0 Å². The molecule has 0 fully saturated rings. The fraction of sp³-hybridized carbons (Fsp3) is 0.600. The van der Waals surface area contributed by atoms with Crippen molar-refractivity contribution in [1.82, 2.24) is 0 Å². The second-order valence-electron chi connectivity index (χ2n) is 6.48. The van der Waals surface area contributed by atoms with Gasteiger partial charge in [-0.1, -0.05) is 99.4 Å². The molecule has 1 aromatic rings. The van der Waals surface area contributed by atoms with Gasteiger partial charge >= 0.3 is 0 Å². The summed E-state index contributed by atoms with van der Waals surface area (Å²) < 4.78 is 6.19. The van der Waals surface area contributed by atoms with E-state index >= 15 is 0 Å². The molecule has 1 aromatic heterocycles. The van der Waals surface area contributed by atoms with Crippen molar-refractivity contribution >= 4 is 81.9 Å². The van der Waals surface area contributed by atoms with Crippen LogP contribution in [0.25, 0.3) is 0 Å². The molecule has 3 rings (SSSR count). The van der Waals surface area contributed by atoms with Crippen LogP contribution in [0.5, 0.6) is 0 Å². The van der Waals surface area contributed by atoms with E-state index in [0.717, 1.165) is 0 Å². The highest BCUT2D eigenvalue weighted by Gasteiger charge is 2.29. The van der Waals surface area contributed by atoms with Gasteiger partial charge in [0.2, 0.25) is 0 Å². The van der Waals surface area contributed by atoms with E-state index in [0.29, 0.717) is 0 Å². The molecular weight excluding hydrogens is 465 g/mol. The predicted octanol–water partition coefficient (Wildman–Crippen LogP) is 10.3. The van der Waals surface area contributed by atoms with Crippen molar-refractivity contribution in [3.8, 4) is 0 Å². The Morgan fingerprint density at radius 3 is 1.59 bits per heavy atom. The molecule has 27 heavy (non-hydrogen) atoms. The van der Waals surface area contributed by atoms with Gasteiger partial charge in [0.15, 0.2) is 0 Å². The molecule has 0 radical (unpaired) electrons. The molecule has 7 heteroatoms. The zero-order chi connectivity index (χ0) is 18.9. The molecule has 0 bridgehead atoms. The molecule has 0 saturated carbocycles. The molecule has 2 aliphatic rings. The molecular formula is C20H28S7. The van der Waals surface area contributed by atoms with E-state index in [1.165, 1.54) is 81.1 Å². The van der Waals surface area contributed by atoms with Crippen LogP contribution >= 0.6 is 81.9 Å². The van der Waals surface area contributed by atoms with Crippen LogP contribution in [0.1, 0.15) is 65.2 Å². The van der Waals surface area contributed by atoms with Gasteiger partial charge < -0.3 is 0 Å². The zero-order valence-electron chi connectivity index (χ0n) is 16.1. The first kappa shape index (κ1) is 23.0. The smallest absolute Gasteiger partial charge is 0.0717 e. The van der Waals surface area contributed by atoms with E-state index in [2.05, 4.69) is 48.1 Å². The molecule has 2 aliphatic heterocycles. The quantitative estimate of drug-likeness (QED) is 0.264. The lowest BCUT2D eigenvalue weighted by Gasteiger charge is -2.05. The molecule has 0 spiro atoms. The third-order valence-electron chi connectivity index (χ3n) is 4.16. The minimum absolute atomic E-state index is 1.28. The number of fused-ring (bicyclic) bond motifs is 1. The number of thiophene rings is 1. The summed E-state index contributed by atoms with van der Waals surface area (Å²) in [6.45, 7) is 4.58. The number of hydrogen-bond acceptors (Lipinski definition) is 7. The first-order chi connectivity index (χ1) is 13.3. The van der Waals surface area contributed by atoms with Gasteiger partial charge in [-0.05, 0) is 24.3 Å². The van der Waals surface area contributed by atoms with Gasteiger partial charge in [0.1, 0.15) is 0 Å². The number of rotatable bonds is 12. The Morgan fingerprint density at radius 2 is 1.11 bits per heavy atom. The van der Waals surface area contributed by atoms with Crippen molar-refractivity contribution in [2.75, 3.05) is 11.5 Å². The van der Waals surface area contributed by atoms with Crippen LogP contribution in [0.15, 0.2) is 37.5 Å². The summed E-state index contributed by atoms with van der Waals surface area (Å²) in [5.74, 6) is 2.55. The van der Waals surface area contributed by atoms with Gasteiger partial charge in [0, 0.05) is 20.6 Å². The van der Waals surface area contributed by atoms with Crippen LogP contribution in [0, 0.1) is 0 Å². The summed E-state index contributed by atoms with van der Waals surface area (Å²) in [4.78, 5) is 2.92. The van der Waals surface area contributed by atoms with Gasteiger partial charge in [-0.3, -0.25) is 0 Å². The molecule has 150 valence electrons. The standard InChI is InChI=1S/C20H28S7/c1-3-5-7-9-11-22-17-18(23-12-10-8-6-4-2)27-20(26-17)19-24-15-13-21-14-16(15)25-19/h13-14H,3-12H2,1-2H3. The maximum Gasteiger partial charge on any atom is 0.0717 e. The molecule has 3 heterocycles. The van der Waals surface area contributed by atoms with E-state index in [4.69, 9.17) is 0 Å². The van der Waals surface area contributed by atoms with Crippen molar-refractivity contribution in [3.63, 3.8) is 0 Å². The summed E-state index contributed by atoms with van der Waals surface area (Å²) >= 11 is 14.1. The first-order valence-electron chi connectivity index (χ1n) is 9.83. The fourth-order valence-electron chi connectivity index (χ4n) is 2.65. The minimum atomic E-state index is 1.28. The van der Waals surface area contributed by atoms with Gasteiger partial charge in [0.05, 0.1) is 16.9 Å². The van der Waals surface area contributed by atoms with Crippen molar-refractivity contribution in [2.24, 2.45) is 0 Å². The second-order valence-corrected chi connectivity index (χ2v) is 14.6. The Balaban J connectivity index is 1.55. The third-order valence-corrected chi connectivity index (χ3v) is 13.9. The summed E-state index contributed by atoms with van der Waals surface area (Å²) in [6, 6.07) is 0. The zero-order valence-corrected chi connectivity index (χ0v) is 21.8. The van der Waals surface area contributed by atoms with Gasteiger partial charge in [0.25, 0.3) is 0 Å². The van der Waals surface area contributed by atoms with E-state index in [1.807, 2.05) is 58.4 Å². The lowest BCUT2D eigenvalue weighted by atomic mass is 10.2. The molecule has 0 atom stereocenters. The SMILES string of the molecule is CCCCCCSC1=C(SCCCCCC)SC(=C2Sc3cscc3S2)S1. The first-order valence-corrected chi connectivity index (χ1v) is 16.0.